The first-order chi connectivity index (χ1) is 20.4. The van der Waals surface area contributed by atoms with Gasteiger partial charge >= 0.3 is 6.11 Å². The molecule has 43 heavy (non-hydrogen) atoms. The van der Waals surface area contributed by atoms with Gasteiger partial charge in [0, 0.05) is 51.1 Å². The predicted molar refractivity (Wildman–Crippen MR) is 150 cm³/mol. The normalized spacial score (nSPS) is 16.4. The van der Waals surface area contributed by atoms with E-state index in [0.717, 1.165) is 0 Å². The van der Waals surface area contributed by atoms with Crippen LogP contribution in [-0.2, 0) is 29.2 Å². The van der Waals surface area contributed by atoms with Crippen molar-refractivity contribution in [3.8, 4) is 5.75 Å². The Morgan fingerprint density at radius 3 is 2.81 bits per heavy atom. The first kappa shape index (κ1) is 31.7. The first-order valence-corrected chi connectivity index (χ1v) is 13.8. The summed E-state index contributed by atoms with van der Waals surface area (Å²) in [4.78, 5) is 39.3. The molecule has 232 valence electrons. The van der Waals surface area contributed by atoms with Gasteiger partial charge in [0.05, 0.1) is 32.0 Å². The Morgan fingerprint density at radius 2 is 2.07 bits per heavy atom. The second-order valence-corrected chi connectivity index (χ2v) is 10.4. The van der Waals surface area contributed by atoms with Crippen molar-refractivity contribution >= 4 is 17.5 Å². The lowest BCUT2D eigenvalue weighted by Gasteiger charge is -2.30. The number of hydrogen-bond acceptors (Lipinski definition) is 8. The molecule has 3 aromatic rings. The van der Waals surface area contributed by atoms with Gasteiger partial charge in [0.1, 0.15) is 11.9 Å². The Morgan fingerprint density at radius 1 is 1.26 bits per heavy atom. The zero-order chi connectivity index (χ0) is 31.0. The third-order valence-corrected chi connectivity index (χ3v) is 6.46. The van der Waals surface area contributed by atoms with E-state index in [1.165, 1.54) is 45.9 Å². The van der Waals surface area contributed by atoms with Crippen molar-refractivity contribution in [2.75, 3.05) is 31.6 Å². The SMILES string of the molecule is CC1CN(CC(=O)Nc2ccn(CCC(F)Cn3cc(C(=O)NCc4cccc(OC(C)(F)F)c4)nn3)c(=O)c2)CCO1. The number of alkyl halides is 3. The molecule has 2 N–H and O–H groups in total. The Balaban J connectivity index is 1.21. The van der Waals surface area contributed by atoms with Gasteiger partial charge in [-0.25, -0.2) is 9.07 Å². The number of morpholine rings is 1. The lowest BCUT2D eigenvalue weighted by Crippen LogP contribution is -2.44. The first-order valence-electron chi connectivity index (χ1n) is 13.8. The van der Waals surface area contributed by atoms with Crippen LogP contribution in [-0.4, -0.2) is 80.9 Å². The van der Waals surface area contributed by atoms with Gasteiger partial charge in [-0.2, -0.15) is 8.78 Å². The van der Waals surface area contributed by atoms with E-state index in [2.05, 4.69) is 25.7 Å². The summed E-state index contributed by atoms with van der Waals surface area (Å²) in [6, 6.07) is 8.78. The monoisotopic (exact) mass is 605 g/mol. The Labute approximate surface area is 245 Å². The molecule has 2 amide bonds. The number of aromatic nitrogens is 4. The molecule has 1 aliphatic rings. The van der Waals surface area contributed by atoms with Gasteiger partial charge in [0.25, 0.3) is 11.5 Å². The zero-order valence-corrected chi connectivity index (χ0v) is 23.8. The van der Waals surface area contributed by atoms with E-state index < -0.39 is 18.2 Å². The average molecular weight is 606 g/mol. The summed E-state index contributed by atoms with van der Waals surface area (Å²) in [6.07, 6.45) is -1.89. The summed E-state index contributed by atoms with van der Waals surface area (Å²) in [7, 11) is 0. The summed E-state index contributed by atoms with van der Waals surface area (Å²) in [5, 5.41) is 12.9. The van der Waals surface area contributed by atoms with Crippen molar-refractivity contribution < 1.29 is 32.2 Å². The third kappa shape index (κ3) is 10.2. The number of halogens is 3. The maximum absolute atomic E-state index is 14.7. The van der Waals surface area contributed by atoms with E-state index in [9.17, 15) is 27.6 Å². The number of hydrogen-bond donors (Lipinski definition) is 2. The lowest BCUT2D eigenvalue weighted by atomic mass is 10.2. The highest BCUT2D eigenvalue weighted by Gasteiger charge is 2.23. The molecule has 0 radical (unpaired) electrons. The van der Waals surface area contributed by atoms with Gasteiger partial charge in [-0.1, -0.05) is 17.3 Å². The summed E-state index contributed by atoms with van der Waals surface area (Å²) < 4.78 is 53.4. The van der Waals surface area contributed by atoms with E-state index in [0.29, 0.717) is 37.9 Å². The van der Waals surface area contributed by atoms with Gasteiger partial charge in [0.15, 0.2) is 5.69 Å². The number of nitrogens with zero attached hydrogens (tertiary/aromatic N) is 5. The minimum absolute atomic E-state index is 0.00254. The molecule has 15 heteroatoms. The molecule has 12 nitrogen and oxygen atoms in total. The number of pyridine rings is 1. The van der Waals surface area contributed by atoms with Crippen molar-refractivity contribution in [1.29, 1.82) is 0 Å². The second kappa shape index (κ2) is 14.3. The standard InChI is InChI=1S/C28H34F3N7O5/c1-19-15-36(10-11-42-19)18-25(39)33-22-7-9-37(26(40)13-22)8-6-21(29)16-38-17-24(34-35-38)27(41)32-14-20-4-3-5-23(12-20)43-28(2,30)31/h3-5,7,9,12-13,17,19,21H,6,8,10-11,14-16,18H2,1-2H3,(H,32,41)(H,33,39). The van der Waals surface area contributed by atoms with Crippen LogP contribution in [0.1, 0.15) is 36.3 Å². The van der Waals surface area contributed by atoms with Crippen LogP contribution >= 0.6 is 0 Å². The maximum Gasteiger partial charge on any atom is 0.394 e. The largest absolute Gasteiger partial charge is 0.433 e. The van der Waals surface area contributed by atoms with Crippen LogP contribution in [0.3, 0.4) is 0 Å². The number of nitrogens with one attached hydrogen (secondary N) is 2. The Kier molecular flexibility index (Phi) is 10.5. The van der Waals surface area contributed by atoms with Crippen LogP contribution in [0.15, 0.2) is 53.6 Å². The van der Waals surface area contributed by atoms with E-state index >= 15 is 0 Å². The zero-order valence-electron chi connectivity index (χ0n) is 23.8. The number of carbonyl (C=O) groups excluding carboxylic acids is 2. The summed E-state index contributed by atoms with van der Waals surface area (Å²) in [6.45, 7) is 4.56. The van der Waals surface area contributed by atoms with Crippen LogP contribution in [0.5, 0.6) is 5.75 Å². The topological polar surface area (TPSA) is 133 Å². The average Bonchev–Trinajstić information content (AvgIpc) is 3.39. The van der Waals surface area contributed by atoms with Gasteiger partial charge in [-0.3, -0.25) is 19.3 Å². The van der Waals surface area contributed by atoms with E-state index in [4.69, 9.17) is 4.74 Å². The smallest absolute Gasteiger partial charge is 0.394 e. The second-order valence-electron chi connectivity index (χ2n) is 10.4. The molecule has 3 heterocycles. The van der Waals surface area contributed by atoms with Crippen molar-refractivity contribution in [1.82, 2.24) is 29.8 Å². The highest BCUT2D eigenvalue weighted by molar-refractivity contribution is 5.92. The van der Waals surface area contributed by atoms with Crippen molar-refractivity contribution in [2.24, 2.45) is 0 Å². The minimum atomic E-state index is -3.34. The van der Waals surface area contributed by atoms with Gasteiger partial charge in [-0.15, -0.1) is 5.10 Å². The molecular weight excluding hydrogens is 571 g/mol. The Hall–Kier alpha value is -4.24. The summed E-state index contributed by atoms with van der Waals surface area (Å²) >= 11 is 0. The minimum Gasteiger partial charge on any atom is -0.433 e. The van der Waals surface area contributed by atoms with Gasteiger partial charge < -0.3 is 24.7 Å². The maximum atomic E-state index is 14.7. The third-order valence-electron chi connectivity index (χ3n) is 6.46. The number of benzene rings is 1. The number of amides is 2. The lowest BCUT2D eigenvalue weighted by molar-refractivity contribution is -0.159. The molecule has 1 aromatic carbocycles. The van der Waals surface area contributed by atoms with Crippen LogP contribution in [0.25, 0.3) is 0 Å². The molecule has 1 fully saturated rings. The highest BCUT2D eigenvalue weighted by atomic mass is 19.3. The van der Waals surface area contributed by atoms with Gasteiger partial charge in [-0.05, 0) is 37.1 Å². The van der Waals surface area contributed by atoms with Crippen LogP contribution < -0.4 is 20.9 Å². The summed E-state index contributed by atoms with van der Waals surface area (Å²) in [5.41, 5.74) is 0.461. The molecule has 0 spiro atoms. The Bertz CT molecular complexity index is 1460. The van der Waals surface area contributed by atoms with Crippen LogP contribution in [0.4, 0.5) is 18.9 Å². The number of anilines is 1. The number of ether oxygens (including phenoxy) is 2. The summed E-state index contributed by atoms with van der Waals surface area (Å²) in [5.74, 6) is -0.857. The molecular formula is C28H34F3N7O5. The van der Waals surface area contributed by atoms with E-state index in [1.54, 1.807) is 12.1 Å². The van der Waals surface area contributed by atoms with Gasteiger partial charge in [0.2, 0.25) is 5.91 Å². The van der Waals surface area contributed by atoms with Crippen molar-refractivity contribution in [3.05, 3.63) is 70.4 Å². The fourth-order valence-corrected chi connectivity index (χ4v) is 4.47. The van der Waals surface area contributed by atoms with E-state index in [1.807, 2.05) is 11.8 Å². The predicted octanol–water partition coefficient (Wildman–Crippen LogP) is 2.45. The van der Waals surface area contributed by atoms with Crippen molar-refractivity contribution in [2.45, 2.75) is 58.3 Å². The molecule has 0 saturated carbocycles. The molecule has 0 aliphatic carbocycles. The highest BCUT2D eigenvalue weighted by Crippen LogP contribution is 2.21. The van der Waals surface area contributed by atoms with E-state index in [-0.39, 0.29) is 61.6 Å². The van der Waals surface area contributed by atoms with Crippen LogP contribution in [0.2, 0.25) is 0 Å². The van der Waals surface area contributed by atoms with Crippen molar-refractivity contribution in [3.63, 3.8) is 0 Å². The number of aryl methyl sites for hydroxylation is 1. The molecule has 1 saturated heterocycles. The number of rotatable bonds is 13. The molecule has 0 bridgehead atoms. The quantitative estimate of drug-likeness (QED) is 0.304. The molecule has 2 aromatic heterocycles. The fraction of sp³-hybridized carbons (Fsp3) is 0.464. The molecule has 2 atom stereocenters. The number of carbonyl (C=O) groups is 2. The molecule has 2 unspecified atom stereocenters. The molecule has 1 aliphatic heterocycles. The van der Waals surface area contributed by atoms with Crippen LogP contribution in [0, 0.1) is 0 Å². The molecule has 4 rings (SSSR count). The fourth-order valence-electron chi connectivity index (χ4n) is 4.47.